The molecule has 0 saturated heterocycles. The number of nitrogens with one attached hydrogen (secondary N) is 1. The molecule has 108 valence electrons. The Morgan fingerprint density at radius 2 is 1.50 bits per heavy atom. The van der Waals surface area contributed by atoms with Crippen molar-refractivity contribution in [2.24, 2.45) is 0 Å². The summed E-state index contributed by atoms with van der Waals surface area (Å²) in [6, 6.07) is 9.89. The van der Waals surface area contributed by atoms with E-state index in [-0.39, 0.29) is 16.5 Å². The molecule has 0 spiro atoms. The van der Waals surface area contributed by atoms with E-state index in [1.807, 2.05) is 51.1 Å². The first-order valence-corrected chi connectivity index (χ1v) is 7.04. The highest BCUT2D eigenvalue weighted by Crippen LogP contribution is 2.30. The Bertz CT molecular complexity index is 649. The first-order chi connectivity index (χ1) is 9.12. The van der Waals surface area contributed by atoms with Crippen LogP contribution in [0.2, 0.25) is 0 Å². The van der Waals surface area contributed by atoms with Gasteiger partial charge >= 0.3 is 0 Å². The molecule has 3 nitrogen and oxygen atoms in total. The van der Waals surface area contributed by atoms with Crippen molar-refractivity contribution in [1.82, 2.24) is 9.78 Å². The van der Waals surface area contributed by atoms with Gasteiger partial charge in [-0.1, -0.05) is 51.1 Å². The molecule has 20 heavy (non-hydrogen) atoms. The van der Waals surface area contributed by atoms with E-state index in [0.29, 0.717) is 0 Å². The highest BCUT2D eigenvalue weighted by atomic mass is 16.1. The molecule has 2 rings (SSSR count). The minimum Gasteiger partial charge on any atom is -0.298 e. The van der Waals surface area contributed by atoms with Crippen LogP contribution in [0.25, 0.3) is 11.1 Å². The topological polar surface area (TPSA) is 37.8 Å². The molecule has 3 heteroatoms. The summed E-state index contributed by atoms with van der Waals surface area (Å²) >= 11 is 0. The lowest BCUT2D eigenvalue weighted by Crippen LogP contribution is -2.32. The van der Waals surface area contributed by atoms with E-state index in [2.05, 4.69) is 25.9 Å². The van der Waals surface area contributed by atoms with Gasteiger partial charge in [0.15, 0.2) is 0 Å². The average molecular weight is 272 g/mol. The summed E-state index contributed by atoms with van der Waals surface area (Å²) in [5, 5.41) is 3.33. The quantitative estimate of drug-likeness (QED) is 0.840. The van der Waals surface area contributed by atoms with Crippen molar-refractivity contribution >= 4 is 0 Å². The summed E-state index contributed by atoms with van der Waals surface area (Å²) in [5.74, 6) is 0. The van der Waals surface area contributed by atoms with Crippen molar-refractivity contribution in [3.05, 3.63) is 46.4 Å². The van der Waals surface area contributed by atoms with Crippen molar-refractivity contribution in [2.75, 3.05) is 0 Å². The molecular formula is C17H24N2O. The minimum atomic E-state index is -0.260. The summed E-state index contributed by atoms with van der Waals surface area (Å²) in [7, 11) is 0. The fraction of sp³-hybridized carbons (Fsp3) is 0.471. The Morgan fingerprint density at radius 1 is 0.950 bits per heavy atom. The second-order valence-electron chi connectivity index (χ2n) is 7.29. The monoisotopic (exact) mass is 272 g/mol. The van der Waals surface area contributed by atoms with Crippen molar-refractivity contribution < 1.29 is 0 Å². The molecule has 1 aromatic heterocycles. The highest BCUT2D eigenvalue weighted by Gasteiger charge is 2.28. The van der Waals surface area contributed by atoms with Crippen molar-refractivity contribution in [2.45, 2.75) is 52.5 Å². The molecule has 0 radical (unpaired) electrons. The largest absolute Gasteiger partial charge is 0.298 e. The van der Waals surface area contributed by atoms with Gasteiger partial charge in [-0.3, -0.25) is 9.89 Å². The summed E-state index contributed by atoms with van der Waals surface area (Å²) in [6.07, 6.45) is 0. The number of rotatable bonds is 1. The van der Waals surface area contributed by atoms with Gasteiger partial charge in [0.1, 0.15) is 0 Å². The smallest absolute Gasteiger partial charge is 0.275 e. The summed E-state index contributed by atoms with van der Waals surface area (Å²) in [6.45, 7) is 12.5. The standard InChI is InChI=1S/C17H24N2O/c1-16(2,3)14-13(12-10-8-7-9-11-12)15(20)19(18-14)17(4,5)6/h7-11,18H,1-6H3. The van der Waals surface area contributed by atoms with Crippen LogP contribution >= 0.6 is 0 Å². The van der Waals surface area contributed by atoms with Gasteiger partial charge in [-0.2, -0.15) is 0 Å². The third-order valence-corrected chi connectivity index (χ3v) is 3.37. The molecule has 0 atom stereocenters. The van der Waals surface area contributed by atoms with Gasteiger partial charge < -0.3 is 0 Å². The molecule has 0 bridgehead atoms. The number of H-pyrrole nitrogens is 1. The van der Waals surface area contributed by atoms with Crippen LogP contribution < -0.4 is 5.56 Å². The normalized spacial score (nSPS) is 12.7. The Labute approximate surface area is 120 Å². The van der Waals surface area contributed by atoms with Gasteiger partial charge in [-0.15, -0.1) is 0 Å². The molecule has 1 heterocycles. The first-order valence-electron chi connectivity index (χ1n) is 7.04. The molecule has 2 aromatic rings. The molecule has 0 aliphatic rings. The zero-order valence-corrected chi connectivity index (χ0v) is 13.2. The number of hydrogen-bond acceptors (Lipinski definition) is 1. The van der Waals surface area contributed by atoms with Crippen LogP contribution in [0.4, 0.5) is 0 Å². The van der Waals surface area contributed by atoms with Crippen LogP contribution in [0, 0.1) is 0 Å². The lowest BCUT2D eigenvalue weighted by atomic mass is 9.87. The summed E-state index contributed by atoms with van der Waals surface area (Å²) in [4.78, 5) is 12.8. The van der Waals surface area contributed by atoms with E-state index in [4.69, 9.17) is 0 Å². The van der Waals surface area contributed by atoms with Crippen LogP contribution in [-0.4, -0.2) is 9.78 Å². The van der Waals surface area contributed by atoms with Crippen LogP contribution in [0.15, 0.2) is 35.1 Å². The van der Waals surface area contributed by atoms with Gasteiger partial charge in [-0.05, 0) is 26.3 Å². The van der Waals surface area contributed by atoms with E-state index in [1.165, 1.54) is 0 Å². The molecule has 0 aliphatic heterocycles. The van der Waals surface area contributed by atoms with Crippen molar-refractivity contribution in [3.63, 3.8) is 0 Å². The average Bonchev–Trinajstić information content (AvgIpc) is 2.67. The number of nitrogens with zero attached hydrogens (tertiary/aromatic N) is 1. The predicted octanol–water partition coefficient (Wildman–Crippen LogP) is 3.90. The van der Waals surface area contributed by atoms with Crippen LogP contribution in [0.5, 0.6) is 0 Å². The maximum absolute atomic E-state index is 12.8. The zero-order chi connectivity index (χ0) is 15.1. The first kappa shape index (κ1) is 14.6. The predicted molar refractivity (Wildman–Crippen MR) is 84.2 cm³/mol. The lowest BCUT2D eigenvalue weighted by Gasteiger charge is -2.21. The molecule has 0 fully saturated rings. The van der Waals surface area contributed by atoms with Gasteiger partial charge in [0.25, 0.3) is 5.56 Å². The molecule has 0 unspecified atom stereocenters. The Kier molecular flexibility index (Phi) is 3.41. The van der Waals surface area contributed by atoms with Crippen LogP contribution in [-0.2, 0) is 11.0 Å². The maximum atomic E-state index is 12.8. The van der Waals surface area contributed by atoms with E-state index < -0.39 is 0 Å². The third-order valence-electron chi connectivity index (χ3n) is 3.37. The maximum Gasteiger partial charge on any atom is 0.275 e. The Hall–Kier alpha value is -1.77. The van der Waals surface area contributed by atoms with Crippen LogP contribution in [0.3, 0.4) is 0 Å². The second-order valence-corrected chi connectivity index (χ2v) is 7.29. The van der Waals surface area contributed by atoms with E-state index in [0.717, 1.165) is 16.8 Å². The van der Waals surface area contributed by atoms with Gasteiger partial charge in [0.2, 0.25) is 0 Å². The number of aromatic amines is 1. The third kappa shape index (κ3) is 2.58. The summed E-state index contributed by atoms with van der Waals surface area (Å²) in [5.41, 5.74) is 2.43. The molecule has 0 saturated carbocycles. The van der Waals surface area contributed by atoms with Gasteiger partial charge in [0.05, 0.1) is 16.8 Å². The molecule has 0 aliphatic carbocycles. The fourth-order valence-corrected chi connectivity index (χ4v) is 2.32. The van der Waals surface area contributed by atoms with Crippen molar-refractivity contribution in [3.8, 4) is 11.1 Å². The van der Waals surface area contributed by atoms with E-state index >= 15 is 0 Å². The molecule has 1 aromatic carbocycles. The number of hydrogen-bond donors (Lipinski definition) is 1. The number of aromatic nitrogens is 2. The Morgan fingerprint density at radius 3 is 1.95 bits per heavy atom. The van der Waals surface area contributed by atoms with Gasteiger partial charge in [-0.25, -0.2) is 4.68 Å². The molecule has 1 N–H and O–H groups in total. The van der Waals surface area contributed by atoms with E-state index in [9.17, 15) is 4.79 Å². The van der Waals surface area contributed by atoms with Crippen LogP contribution in [0.1, 0.15) is 47.2 Å². The van der Waals surface area contributed by atoms with Gasteiger partial charge in [0, 0.05) is 5.41 Å². The number of benzene rings is 1. The van der Waals surface area contributed by atoms with E-state index in [1.54, 1.807) is 4.68 Å². The summed E-state index contributed by atoms with van der Waals surface area (Å²) < 4.78 is 1.73. The fourth-order valence-electron chi connectivity index (χ4n) is 2.32. The van der Waals surface area contributed by atoms with Crippen molar-refractivity contribution in [1.29, 1.82) is 0 Å². The SMILES string of the molecule is CC(C)(C)c1[nH]n(C(C)(C)C)c(=O)c1-c1ccccc1. The second kappa shape index (κ2) is 4.65. The minimum absolute atomic E-state index is 0.0497. The lowest BCUT2D eigenvalue weighted by molar-refractivity contribution is 0.339. The molecular weight excluding hydrogens is 248 g/mol. The zero-order valence-electron chi connectivity index (χ0n) is 13.2. The Balaban J connectivity index is 2.79. The molecule has 0 amide bonds. The highest BCUT2D eigenvalue weighted by molar-refractivity contribution is 5.66.